The summed E-state index contributed by atoms with van der Waals surface area (Å²) in [7, 11) is 1.34. The minimum absolute atomic E-state index is 0.273. The van der Waals surface area contributed by atoms with E-state index in [1.165, 1.54) is 7.11 Å². The second kappa shape index (κ2) is 4.52. The molecule has 0 unspecified atom stereocenters. The molecule has 0 saturated carbocycles. The van der Waals surface area contributed by atoms with Crippen molar-refractivity contribution in [3.8, 4) is 0 Å². The predicted octanol–water partition coefficient (Wildman–Crippen LogP) is 1.85. The number of rotatable bonds is 2. The molecule has 5 nitrogen and oxygen atoms in total. The fourth-order valence-corrected chi connectivity index (χ4v) is 2.08. The third kappa shape index (κ3) is 1.73. The lowest BCUT2D eigenvalue weighted by molar-refractivity contribution is 0.0599. The van der Waals surface area contributed by atoms with Crippen molar-refractivity contribution in [1.82, 2.24) is 10.2 Å². The Kier molecular flexibility index (Phi) is 3.06. The van der Waals surface area contributed by atoms with Crippen LogP contribution in [0, 0.1) is 13.8 Å². The molecule has 0 amide bonds. The summed E-state index contributed by atoms with van der Waals surface area (Å²) in [6, 6.07) is 1.76. The monoisotopic (exact) mass is 244 g/mol. The molecule has 0 saturated heterocycles. The van der Waals surface area contributed by atoms with Crippen LogP contribution in [0.15, 0.2) is 12.3 Å². The highest BCUT2D eigenvalue weighted by Crippen LogP contribution is 2.26. The summed E-state index contributed by atoms with van der Waals surface area (Å²) in [5.74, 6) is -0.392. The van der Waals surface area contributed by atoms with Gasteiger partial charge in [0.1, 0.15) is 5.69 Å². The van der Waals surface area contributed by atoms with E-state index in [1.54, 1.807) is 26.1 Å². The minimum atomic E-state index is -0.392. The first-order valence-corrected chi connectivity index (χ1v) is 5.39. The van der Waals surface area contributed by atoms with Crippen molar-refractivity contribution in [2.75, 3.05) is 7.11 Å². The summed E-state index contributed by atoms with van der Waals surface area (Å²) < 4.78 is 4.76. The molecule has 92 valence electrons. The molecule has 2 rings (SSSR count). The molecular weight excluding hydrogens is 232 g/mol. The standard InChI is InChI=1S/C13H12N2O3/c1-7-4-9-10(5-14-15-11(9)6-16)8(2)12(7)13(17)18-3/h4-6H,1-3H3. The lowest BCUT2D eigenvalue weighted by Gasteiger charge is -2.11. The summed E-state index contributed by atoms with van der Waals surface area (Å²) >= 11 is 0. The Morgan fingerprint density at radius 1 is 1.33 bits per heavy atom. The molecule has 0 aliphatic carbocycles. The third-order valence-corrected chi connectivity index (χ3v) is 2.95. The third-order valence-electron chi connectivity index (χ3n) is 2.95. The van der Waals surface area contributed by atoms with Gasteiger partial charge < -0.3 is 4.74 Å². The van der Waals surface area contributed by atoms with E-state index in [0.717, 1.165) is 16.5 Å². The molecule has 0 fully saturated rings. The van der Waals surface area contributed by atoms with Gasteiger partial charge in [-0.15, -0.1) is 5.10 Å². The molecule has 0 bridgehead atoms. The first-order chi connectivity index (χ1) is 8.60. The Bertz CT molecular complexity index is 650. The molecular formula is C13H12N2O3. The van der Waals surface area contributed by atoms with Crippen LogP contribution in [0.4, 0.5) is 0 Å². The van der Waals surface area contributed by atoms with Gasteiger partial charge in [-0.05, 0) is 31.0 Å². The molecule has 0 spiro atoms. The normalized spacial score (nSPS) is 10.4. The summed E-state index contributed by atoms with van der Waals surface area (Å²) in [6.07, 6.45) is 2.20. The van der Waals surface area contributed by atoms with Gasteiger partial charge in [0.25, 0.3) is 0 Å². The van der Waals surface area contributed by atoms with Crippen LogP contribution in [-0.4, -0.2) is 29.6 Å². The highest BCUT2D eigenvalue weighted by atomic mass is 16.5. The summed E-state index contributed by atoms with van der Waals surface area (Å²) in [6.45, 7) is 3.60. The van der Waals surface area contributed by atoms with Crippen molar-refractivity contribution in [1.29, 1.82) is 0 Å². The molecule has 0 aliphatic rings. The number of methoxy groups -OCH3 is 1. The number of aryl methyl sites for hydroxylation is 2. The number of esters is 1. The maximum Gasteiger partial charge on any atom is 0.338 e. The summed E-state index contributed by atoms with van der Waals surface area (Å²) in [5, 5.41) is 8.97. The zero-order valence-electron chi connectivity index (χ0n) is 10.4. The van der Waals surface area contributed by atoms with Crippen LogP contribution in [0.2, 0.25) is 0 Å². The van der Waals surface area contributed by atoms with Crippen LogP contribution in [0.3, 0.4) is 0 Å². The first kappa shape index (κ1) is 12.2. The number of aldehydes is 1. The van der Waals surface area contributed by atoms with Crippen LogP contribution >= 0.6 is 0 Å². The average Bonchev–Trinajstić information content (AvgIpc) is 2.37. The number of carbonyl (C=O) groups is 2. The fourth-order valence-electron chi connectivity index (χ4n) is 2.08. The SMILES string of the molecule is COC(=O)c1c(C)cc2c(C=O)nncc2c1C. The van der Waals surface area contributed by atoms with Crippen molar-refractivity contribution >= 4 is 23.0 Å². The molecule has 0 aliphatic heterocycles. The first-order valence-electron chi connectivity index (χ1n) is 5.39. The van der Waals surface area contributed by atoms with E-state index in [0.29, 0.717) is 17.2 Å². The van der Waals surface area contributed by atoms with E-state index in [-0.39, 0.29) is 5.69 Å². The van der Waals surface area contributed by atoms with Crippen LogP contribution in [-0.2, 0) is 4.74 Å². The Balaban J connectivity index is 2.87. The number of benzene rings is 1. The van der Waals surface area contributed by atoms with E-state index in [1.807, 2.05) is 0 Å². The number of carbonyl (C=O) groups excluding carboxylic acids is 2. The Morgan fingerprint density at radius 2 is 2.06 bits per heavy atom. The van der Waals surface area contributed by atoms with E-state index in [4.69, 9.17) is 4.74 Å². The van der Waals surface area contributed by atoms with Crippen molar-refractivity contribution in [2.45, 2.75) is 13.8 Å². The Labute approximate surface area is 104 Å². The lowest BCUT2D eigenvalue weighted by atomic mass is 9.96. The van der Waals surface area contributed by atoms with E-state index in [2.05, 4.69) is 10.2 Å². The van der Waals surface area contributed by atoms with E-state index >= 15 is 0 Å². The number of hydrogen-bond donors (Lipinski definition) is 0. The maximum atomic E-state index is 11.7. The number of aromatic nitrogens is 2. The van der Waals surface area contributed by atoms with Crippen LogP contribution < -0.4 is 0 Å². The molecule has 0 atom stereocenters. The topological polar surface area (TPSA) is 69.2 Å². The van der Waals surface area contributed by atoms with Crippen molar-refractivity contribution < 1.29 is 14.3 Å². The zero-order valence-corrected chi connectivity index (χ0v) is 10.4. The molecule has 0 radical (unpaired) electrons. The lowest BCUT2D eigenvalue weighted by Crippen LogP contribution is -2.08. The van der Waals surface area contributed by atoms with Crippen LogP contribution in [0.5, 0.6) is 0 Å². The minimum Gasteiger partial charge on any atom is -0.465 e. The summed E-state index contributed by atoms with van der Waals surface area (Å²) in [4.78, 5) is 22.6. The Morgan fingerprint density at radius 3 is 2.67 bits per heavy atom. The Hall–Kier alpha value is -2.30. The smallest absolute Gasteiger partial charge is 0.338 e. The van der Waals surface area contributed by atoms with Gasteiger partial charge in [0, 0.05) is 10.8 Å². The highest BCUT2D eigenvalue weighted by molar-refractivity contribution is 6.03. The molecule has 1 heterocycles. The number of fused-ring (bicyclic) bond motifs is 1. The fraction of sp³-hybridized carbons (Fsp3) is 0.231. The van der Waals surface area contributed by atoms with Gasteiger partial charge in [0.05, 0.1) is 18.9 Å². The van der Waals surface area contributed by atoms with E-state index < -0.39 is 5.97 Å². The van der Waals surface area contributed by atoms with Crippen molar-refractivity contribution in [3.63, 3.8) is 0 Å². The molecule has 1 aromatic carbocycles. The second-order valence-corrected chi connectivity index (χ2v) is 3.99. The predicted molar refractivity (Wildman–Crippen MR) is 65.7 cm³/mol. The molecule has 5 heteroatoms. The number of hydrogen-bond acceptors (Lipinski definition) is 5. The van der Waals surface area contributed by atoms with Crippen molar-refractivity contribution in [2.24, 2.45) is 0 Å². The molecule has 1 aromatic heterocycles. The van der Waals surface area contributed by atoms with Crippen LogP contribution in [0.25, 0.3) is 10.8 Å². The van der Waals surface area contributed by atoms with Gasteiger partial charge in [-0.1, -0.05) is 0 Å². The zero-order chi connectivity index (χ0) is 13.3. The van der Waals surface area contributed by atoms with Gasteiger partial charge in [0.2, 0.25) is 0 Å². The largest absolute Gasteiger partial charge is 0.465 e. The number of nitrogens with zero attached hydrogens (tertiary/aromatic N) is 2. The molecule has 18 heavy (non-hydrogen) atoms. The van der Waals surface area contributed by atoms with Gasteiger partial charge in [-0.3, -0.25) is 4.79 Å². The van der Waals surface area contributed by atoms with Gasteiger partial charge in [0.15, 0.2) is 6.29 Å². The molecule has 0 N–H and O–H groups in total. The van der Waals surface area contributed by atoms with E-state index in [9.17, 15) is 9.59 Å². The second-order valence-electron chi connectivity index (χ2n) is 3.99. The quantitative estimate of drug-likeness (QED) is 0.595. The van der Waals surface area contributed by atoms with Gasteiger partial charge in [-0.25, -0.2) is 4.79 Å². The average molecular weight is 244 g/mol. The molecule has 2 aromatic rings. The van der Waals surface area contributed by atoms with Gasteiger partial charge >= 0.3 is 5.97 Å². The maximum absolute atomic E-state index is 11.7. The van der Waals surface area contributed by atoms with Crippen LogP contribution in [0.1, 0.15) is 32.0 Å². The summed E-state index contributed by atoms with van der Waals surface area (Å²) in [5.41, 5.74) is 2.28. The number of ether oxygens (including phenoxy) is 1. The van der Waals surface area contributed by atoms with Gasteiger partial charge in [-0.2, -0.15) is 5.10 Å². The van der Waals surface area contributed by atoms with Crippen molar-refractivity contribution in [3.05, 3.63) is 34.6 Å². The highest BCUT2D eigenvalue weighted by Gasteiger charge is 2.17.